The number of rotatable bonds is 10. The fraction of sp³-hybridized carbons (Fsp3) is 1.00. The molecule has 0 atom stereocenters. The summed E-state index contributed by atoms with van der Waals surface area (Å²) in [5, 5.41) is 0. The zero-order valence-corrected chi connectivity index (χ0v) is 14.6. The van der Waals surface area contributed by atoms with E-state index in [1.165, 1.54) is 0 Å². The second kappa shape index (κ2) is 7.90. The largest absolute Gasteiger partial charge is 0.460 e. The standard InChI is InChI=1S/C11H10F15O3P/c12-5(13,3-1-2-4-30(27,28)29)6(14,15)7(16,17)8(18,19)9(20,21)10(22,23)11(24,25)26/h1-4H2,(H2,27,28,29). The van der Waals surface area contributed by atoms with Crippen molar-refractivity contribution in [2.45, 2.75) is 61.0 Å². The second-order valence-electron chi connectivity index (χ2n) is 5.92. The Kier molecular flexibility index (Phi) is 7.67. The molecule has 0 heterocycles. The van der Waals surface area contributed by atoms with Gasteiger partial charge in [0.15, 0.2) is 0 Å². The summed E-state index contributed by atoms with van der Waals surface area (Å²) in [6, 6.07) is 0. The first-order valence-corrected chi connectivity index (χ1v) is 8.88. The summed E-state index contributed by atoms with van der Waals surface area (Å²) >= 11 is 0. The maximum atomic E-state index is 13.4. The molecule has 19 heteroatoms. The third-order valence-corrected chi connectivity index (χ3v) is 4.48. The molecular weight excluding hydrogens is 496 g/mol. The lowest BCUT2D eigenvalue weighted by molar-refractivity contribution is -0.452. The normalized spacial score (nSPS) is 16.2. The van der Waals surface area contributed by atoms with E-state index in [-0.39, 0.29) is 0 Å². The first-order valence-electron chi connectivity index (χ1n) is 7.09. The molecule has 30 heavy (non-hydrogen) atoms. The Morgan fingerprint density at radius 1 is 0.533 bits per heavy atom. The maximum Gasteiger partial charge on any atom is 0.460 e. The highest BCUT2D eigenvalue weighted by Gasteiger charge is 2.93. The van der Waals surface area contributed by atoms with Crippen LogP contribution < -0.4 is 0 Å². The molecule has 0 aliphatic rings. The van der Waals surface area contributed by atoms with Crippen LogP contribution in [0.4, 0.5) is 65.9 Å². The van der Waals surface area contributed by atoms with Crippen LogP contribution in [0.25, 0.3) is 0 Å². The minimum Gasteiger partial charge on any atom is -0.324 e. The molecule has 0 saturated heterocycles. The van der Waals surface area contributed by atoms with Gasteiger partial charge in [0.1, 0.15) is 0 Å². The molecule has 0 radical (unpaired) electrons. The van der Waals surface area contributed by atoms with Gasteiger partial charge in [0.05, 0.1) is 0 Å². The summed E-state index contributed by atoms with van der Waals surface area (Å²) in [6.07, 6.45) is -14.1. The zero-order valence-electron chi connectivity index (χ0n) is 13.7. The van der Waals surface area contributed by atoms with Crippen LogP contribution in [0.2, 0.25) is 0 Å². The molecule has 0 unspecified atom stereocenters. The predicted molar refractivity (Wildman–Crippen MR) is 66.5 cm³/mol. The molecule has 0 saturated carbocycles. The summed E-state index contributed by atoms with van der Waals surface area (Å²) in [4.78, 5) is 16.8. The van der Waals surface area contributed by atoms with Gasteiger partial charge in [0, 0.05) is 12.6 Å². The van der Waals surface area contributed by atoms with E-state index >= 15 is 0 Å². The van der Waals surface area contributed by atoms with E-state index in [0.29, 0.717) is 0 Å². The van der Waals surface area contributed by atoms with Crippen LogP contribution in [0, 0.1) is 0 Å². The summed E-state index contributed by atoms with van der Waals surface area (Å²) < 4.78 is 204. The van der Waals surface area contributed by atoms with Crippen molar-refractivity contribution < 1.29 is 80.2 Å². The Hall–Kier alpha value is -0.900. The van der Waals surface area contributed by atoms with Gasteiger partial charge >= 0.3 is 49.3 Å². The van der Waals surface area contributed by atoms with Gasteiger partial charge in [-0.2, -0.15) is 65.9 Å². The van der Waals surface area contributed by atoms with E-state index < -0.39 is 74.7 Å². The lowest BCUT2D eigenvalue weighted by atomic mass is 9.89. The first kappa shape index (κ1) is 29.1. The molecule has 0 aromatic rings. The number of halogens is 15. The van der Waals surface area contributed by atoms with Crippen molar-refractivity contribution in [3.05, 3.63) is 0 Å². The molecular formula is C11H10F15O3P. The monoisotopic (exact) mass is 506 g/mol. The van der Waals surface area contributed by atoms with Gasteiger partial charge < -0.3 is 9.79 Å². The van der Waals surface area contributed by atoms with E-state index in [1.54, 1.807) is 0 Å². The van der Waals surface area contributed by atoms with Gasteiger partial charge in [-0.25, -0.2) is 0 Å². The fourth-order valence-electron chi connectivity index (χ4n) is 1.82. The van der Waals surface area contributed by atoms with Gasteiger partial charge in [0.2, 0.25) is 0 Å². The van der Waals surface area contributed by atoms with Crippen molar-refractivity contribution in [3.63, 3.8) is 0 Å². The lowest BCUT2D eigenvalue weighted by Crippen LogP contribution is -2.72. The van der Waals surface area contributed by atoms with Crippen LogP contribution in [-0.4, -0.2) is 57.7 Å². The molecule has 0 aromatic carbocycles. The van der Waals surface area contributed by atoms with Gasteiger partial charge in [-0.15, -0.1) is 0 Å². The molecule has 0 fully saturated rings. The SMILES string of the molecule is O=P(O)(O)CCCCC(F)(F)C(F)(F)C(F)(F)C(F)(F)C(F)(F)C(F)(F)C(F)(F)F. The van der Waals surface area contributed by atoms with Crippen LogP contribution in [0.15, 0.2) is 0 Å². The summed E-state index contributed by atoms with van der Waals surface area (Å²) in [7, 11) is -4.89. The summed E-state index contributed by atoms with van der Waals surface area (Å²) in [5.41, 5.74) is 0. The second-order valence-corrected chi connectivity index (χ2v) is 7.70. The third-order valence-electron chi connectivity index (χ3n) is 3.58. The van der Waals surface area contributed by atoms with Crippen LogP contribution in [0.3, 0.4) is 0 Å². The lowest BCUT2D eigenvalue weighted by Gasteiger charge is -2.41. The highest BCUT2D eigenvalue weighted by atomic mass is 31.2. The van der Waals surface area contributed by atoms with Crippen molar-refractivity contribution in [1.29, 1.82) is 0 Å². The van der Waals surface area contributed by atoms with E-state index in [4.69, 9.17) is 9.79 Å². The van der Waals surface area contributed by atoms with Gasteiger partial charge in [-0.1, -0.05) is 0 Å². The molecule has 0 spiro atoms. The van der Waals surface area contributed by atoms with Crippen LogP contribution in [0.1, 0.15) is 19.3 Å². The minimum absolute atomic E-state index is 1.08. The van der Waals surface area contributed by atoms with Crippen LogP contribution >= 0.6 is 7.60 Å². The van der Waals surface area contributed by atoms with Crippen molar-refractivity contribution in [2.24, 2.45) is 0 Å². The van der Waals surface area contributed by atoms with Gasteiger partial charge in [0.25, 0.3) is 0 Å². The average Bonchev–Trinajstić information content (AvgIpc) is 2.48. The third kappa shape index (κ3) is 4.79. The number of alkyl halides is 15. The number of hydrogen-bond acceptors (Lipinski definition) is 1. The molecule has 0 amide bonds. The van der Waals surface area contributed by atoms with Gasteiger partial charge in [-0.05, 0) is 12.8 Å². The minimum atomic E-state index is -8.34. The Bertz CT molecular complexity index is 651. The Labute approximate surface area is 156 Å². The van der Waals surface area contributed by atoms with Gasteiger partial charge in [-0.3, -0.25) is 4.57 Å². The van der Waals surface area contributed by atoms with Crippen molar-refractivity contribution in [1.82, 2.24) is 0 Å². The fourth-order valence-corrected chi connectivity index (χ4v) is 2.46. The zero-order chi connectivity index (χ0) is 24.8. The quantitative estimate of drug-likeness (QED) is 0.227. The van der Waals surface area contributed by atoms with E-state index in [0.717, 1.165) is 0 Å². The maximum absolute atomic E-state index is 13.4. The highest BCUT2D eigenvalue weighted by Crippen LogP contribution is 2.62. The molecule has 0 bridgehead atoms. The molecule has 0 aliphatic heterocycles. The Balaban J connectivity index is 6.02. The highest BCUT2D eigenvalue weighted by molar-refractivity contribution is 7.51. The Morgan fingerprint density at radius 3 is 1.20 bits per heavy atom. The molecule has 0 rings (SSSR count). The van der Waals surface area contributed by atoms with E-state index in [1.807, 2.05) is 0 Å². The molecule has 3 nitrogen and oxygen atoms in total. The summed E-state index contributed by atoms with van der Waals surface area (Å²) in [5.74, 6) is -46.8. The molecule has 0 aromatic heterocycles. The van der Waals surface area contributed by atoms with E-state index in [2.05, 4.69) is 0 Å². The number of hydrogen-bond donors (Lipinski definition) is 2. The smallest absolute Gasteiger partial charge is 0.324 e. The van der Waals surface area contributed by atoms with Crippen molar-refractivity contribution in [2.75, 3.05) is 6.16 Å². The van der Waals surface area contributed by atoms with Crippen LogP contribution in [0.5, 0.6) is 0 Å². The molecule has 0 aliphatic carbocycles. The Morgan fingerprint density at radius 2 is 0.867 bits per heavy atom. The average molecular weight is 506 g/mol. The van der Waals surface area contributed by atoms with Crippen molar-refractivity contribution in [3.8, 4) is 0 Å². The number of unbranched alkanes of at least 4 members (excludes halogenated alkanes) is 1. The molecule has 2 N–H and O–H groups in total. The predicted octanol–water partition coefficient (Wildman–Crippen LogP) is 5.71. The van der Waals surface area contributed by atoms with Crippen LogP contribution in [-0.2, 0) is 4.57 Å². The summed E-state index contributed by atoms with van der Waals surface area (Å²) in [6.45, 7) is 0. The van der Waals surface area contributed by atoms with Crippen molar-refractivity contribution >= 4 is 7.60 Å². The first-order chi connectivity index (χ1) is 12.7. The van der Waals surface area contributed by atoms with E-state index in [9.17, 15) is 70.4 Å². The molecule has 182 valence electrons. The topological polar surface area (TPSA) is 57.5 Å².